The number of rotatable bonds is 4. The van der Waals surface area contributed by atoms with E-state index in [1.165, 1.54) is 0 Å². The third kappa shape index (κ3) is 4.56. The molecule has 2 aromatic carbocycles. The Balaban J connectivity index is 0.00000180. The molecule has 0 aliphatic carbocycles. The van der Waals surface area contributed by atoms with Gasteiger partial charge in [-0.1, -0.05) is 18.2 Å². The van der Waals surface area contributed by atoms with Crippen LogP contribution < -0.4 is 39.4 Å². The fourth-order valence-corrected chi connectivity index (χ4v) is 1.47. The molecule has 4 heteroatoms. The maximum absolute atomic E-state index is 11.4. The van der Waals surface area contributed by atoms with Gasteiger partial charge >= 0.3 is 29.6 Å². The van der Waals surface area contributed by atoms with Crippen molar-refractivity contribution in [2.45, 2.75) is 0 Å². The molecule has 0 heterocycles. The van der Waals surface area contributed by atoms with Crippen molar-refractivity contribution in [2.24, 2.45) is 0 Å². The van der Waals surface area contributed by atoms with Gasteiger partial charge in [0, 0.05) is 5.56 Å². The number of allylic oxidation sites excluding steroid dienone is 1. The third-order valence-corrected chi connectivity index (χ3v) is 2.34. The number of benzene rings is 2. The first kappa shape index (κ1) is 15.5. The second kappa shape index (κ2) is 7.79. The van der Waals surface area contributed by atoms with Crippen LogP contribution in [-0.4, -0.2) is 5.78 Å². The molecule has 0 atom stereocenters. The molecule has 0 saturated heterocycles. The van der Waals surface area contributed by atoms with Crippen molar-refractivity contribution in [2.75, 3.05) is 0 Å². The first-order valence-corrected chi connectivity index (χ1v) is 5.45. The van der Waals surface area contributed by atoms with Gasteiger partial charge in [0.15, 0.2) is 5.78 Å². The average Bonchev–Trinajstić information content (AvgIpc) is 2.41. The molecule has 0 unspecified atom stereocenters. The zero-order chi connectivity index (χ0) is 12.8. The number of carbonyl (C=O) groups is 1. The SMILES string of the molecule is O=C(/C=C\[O-])c1ccc(Oc2ccccc2)cc1.[Na+]. The monoisotopic (exact) mass is 262 g/mol. The minimum atomic E-state index is -0.309. The zero-order valence-electron chi connectivity index (χ0n) is 10.6. The summed E-state index contributed by atoms with van der Waals surface area (Å²) in [6, 6.07) is 16.0. The molecule has 0 radical (unpaired) electrons. The predicted molar refractivity (Wildman–Crippen MR) is 66.4 cm³/mol. The second-order valence-corrected chi connectivity index (χ2v) is 3.61. The van der Waals surface area contributed by atoms with Gasteiger partial charge in [-0.2, -0.15) is 0 Å². The Hall–Kier alpha value is -1.55. The molecule has 0 aliphatic heterocycles. The summed E-state index contributed by atoms with van der Waals surface area (Å²) in [6.07, 6.45) is 1.48. The van der Waals surface area contributed by atoms with E-state index < -0.39 is 0 Å². The van der Waals surface area contributed by atoms with Gasteiger partial charge in [-0.15, -0.1) is 6.26 Å². The van der Waals surface area contributed by atoms with Crippen molar-refractivity contribution in [3.63, 3.8) is 0 Å². The summed E-state index contributed by atoms with van der Waals surface area (Å²) in [5, 5.41) is 10.2. The minimum absolute atomic E-state index is 0. The Morgan fingerprint density at radius 1 is 0.947 bits per heavy atom. The molecule has 0 bridgehead atoms. The minimum Gasteiger partial charge on any atom is -0.878 e. The number of ether oxygens (including phenoxy) is 1. The van der Waals surface area contributed by atoms with Gasteiger partial charge in [0.2, 0.25) is 0 Å². The van der Waals surface area contributed by atoms with Gasteiger partial charge in [-0.05, 0) is 42.5 Å². The van der Waals surface area contributed by atoms with Crippen LogP contribution >= 0.6 is 0 Å². The Morgan fingerprint density at radius 2 is 1.53 bits per heavy atom. The Labute approximate surface area is 133 Å². The zero-order valence-corrected chi connectivity index (χ0v) is 12.6. The van der Waals surface area contributed by atoms with E-state index in [0.29, 0.717) is 17.6 Å². The molecule has 0 aromatic heterocycles. The van der Waals surface area contributed by atoms with Crippen LogP contribution in [0.25, 0.3) is 0 Å². The van der Waals surface area contributed by atoms with Gasteiger partial charge in [-0.3, -0.25) is 4.79 Å². The van der Waals surface area contributed by atoms with Gasteiger partial charge in [0.25, 0.3) is 0 Å². The van der Waals surface area contributed by atoms with Crippen molar-refractivity contribution in [1.29, 1.82) is 0 Å². The van der Waals surface area contributed by atoms with Crippen LogP contribution in [0.15, 0.2) is 66.9 Å². The van der Waals surface area contributed by atoms with E-state index in [9.17, 15) is 9.90 Å². The van der Waals surface area contributed by atoms with Crippen LogP contribution in [0.4, 0.5) is 0 Å². The van der Waals surface area contributed by atoms with E-state index >= 15 is 0 Å². The Morgan fingerprint density at radius 3 is 2.11 bits per heavy atom. The Bertz CT molecular complexity index is 547. The van der Waals surface area contributed by atoms with Gasteiger partial charge in [-0.25, -0.2) is 0 Å². The van der Waals surface area contributed by atoms with Crippen LogP contribution in [0, 0.1) is 0 Å². The largest absolute Gasteiger partial charge is 1.00 e. The average molecular weight is 262 g/mol. The molecular formula is C15H11NaO3. The summed E-state index contributed by atoms with van der Waals surface area (Å²) < 4.78 is 5.58. The number of hydrogen-bond donors (Lipinski definition) is 0. The van der Waals surface area contributed by atoms with Crippen molar-refractivity contribution in [3.8, 4) is 11.5 Å². The summed E-state index contributed by atoms with van der Waals surface area (Å²) in [5.41, 5.74) is 0.461. The molecule has 0 spiro atoms. The summed E-state index contributed by atoms with van der Waals surface area (Å²) in [5.74, 6) is 1.07. The second-order valence-electron chi connectivity index (χ2n) is 3.61. The van der Waals surface area contributed by atoms with Crippen molar-refractivity contribution in [1.82, 2.24) is 0 Å². The van der Waals surface area contributed by atoms with Gasteiger partial charge < -0.3 is 9.84 Å². The molecule has 0 saturated carbocycles. The molecule has 0 fully saturated rings. The van der Waals surface area contributed by atoms with Gasteiger partial charge in [0.1, 0.15) is 11.5 Å². The smallest absolute Gasteiger partial charge is 0.878 e. The first-order chi connectivity index (χ1) is 8.79. The van der Waals surface area contributed by atoms with E-state index in [1.54, 1.807) is 24.3 Å². The third-order valence-electron chi connectivity index (χ3n) is 2.34. The van der Waals surface area contributed by atoms with E-state index in [-0.39, 0.29) is 35.3 Å². The Kier molecular flexibility index (Phi) is 6.36. The normalized spacial score (nSPS) is 9.89. The van der Waals surface area contributed by atoms with E-state index in [0.717, 1.165) is 11.8 Å². The van der Waals surface area contributed by atoms with E-state index in [2.05, 4.69) is 0 Å². The first-order valence-electron chi connectivity index (χ1n) is 5.45. The van der Waals surface area contributed by atoms with Crippen LogP contribution in [0.5, 0.6) is 11.5 Å². The number of hydrogen-bond acceptors (Lipinski definition) is 3. The molecule has 2 aromatic rings. The molecule has 2 rings (SSSR count). The van der Waals surface area contributed by atoms with E-state index in [4.69, 9.17) is 4.74 Å². The summed E-state index contributed by atoms with van der Waals surface area (Å²) in [7, 11) is 0. The summed E-state index contributed by atoms with van der Waals surface area (Å²) >= 11 is 0. The molecule has 0 amide bonds. The van der Waals surface area contributed by atoms with Crippen molar-refractivity contribution in [3.05, 3.63) is 72.5 Å². The number of ketones is 1. The van der Waals surface area contributed by atoms with Crippen LogP contribution in [-0.2, 0) is 0 Å². The fourth-order valence-electron chi connectivity index (χ4n) is 1.47. The summed E-state index contributed by atoms with van der Waals surface area (Å²) in [4.78, 5) is 11.4. The maximum Gasteiger partial charge on any atom is 1.00 e. The van der Waals surface area contributed by atoms with Crippen molar-refractivity contribution < 1.29 is 44.2 Å². The summed E-state index contributed by atoms with van der Waals surface area (Å²) in [6.45, 7) is 0. The molecular weight excluding hydrogens is 251 g/mol. The fraction of sp³-hybridized carbons (Fsp3) is 0. The quantitative estimate of drug-likeness (QED) is 0.324. The number of para-hydroxylation sites is 1. The standard InChI is InChI=1S/C15H12O3.Na/c16-11-10-15(17)12-6-8-14(9-7-12)18-13-4-2-1-3-5-13;/h1-11,16H;/q;+1/p-1/b11-10-;. The van der Waals surface area contributed by atoms with Crippen LogP contribution in [0.2, 0.25) is 0 Å². The molecule has 3 nitrogen and oxygen atoms in total. The van der Waals surface area contributed by atoms with E-state index in [1.807, 2.05) is 30.3 Å². The molecule has 90 valence electrons. The molecule has 19 heavy (non-hydrogen) atoms. The van der Waals surface area contributed by atoms with Gasteiger partial charge in [0.05, 0.1) is 0 Å². The van der Waals surface area contributed by atoms with Crippen molar-refractivity contribution >= 4 is 5.78 Å². The topological polar surface area (TPSA) is 49.4 Å². The predicted octanol–water partition coefficient (Wildman–Crippen LogP) is -0.460. The molecule has 0 aliphatic rings. The molecule has 0 N–H and O–H groups in total. The number of carbonyl (C=O) groups excluding carboxylic acids is 1. The maximum atomic E-state index is 11.4. The van der Waals surface area contributed by atoms with Crippen LogP contribution in [0.1, 0.15) is 10.4 Å². The van der Waals surface area contributed by atoms with Crippen LogP contribution in [0.3, 0.4) is 0 Å².